The lowest BCUT2D eigenvalue weighted by molar-refractivity contribution is -0.174. The van der Waals surface area contributed by atoms with Crippen LogP contribution in [-0.4, -0.2) is 30.3 Å². The molecule has 3 rings (SSSR count). The molecule has 1 aliphatic rings. The Hall–Kier alpha value is -2.82. The fourth-order valence-electron chi connectivity index (χ4n) is 4.74. The van der Waals surface area contributed by atoms with Gasteiger partial charge in [-0.2, -0.15) is 0 Å². The van der Waals surface area contributed by atoms with E-state index in [2.05, 4.69) is 0 Å². The van der Waals surface area contributed by atoms with Gasteiger partial charge in [-0.25, -0.2) is 0 Å². The molecule has 0 radical (unpaired) electrons. The Bertz CT molecular complexity index is 936. The van der Waals surface area contributed by atoms with E-state index in [-0.39, 0.29) is 31.8 Å². The summed E-state index contributed by atoms with van der Waals surface area (Å²) in [5.41, 5.74) is 2.39. The normalized spacial score (nSPS) is 19.6. The summed E-state index contributed by atoms with van der Waals surface area (Å²) in [5, 5.41) is 10.3. The predicted octanol–water partition coefficient (Wildman–Crippen LogP) is 4.37. The molecule has 0 aliphatic heterocycles. The molecule has 0 aromatic heterocycles. The highest BCUT2D eigenvalue weighted by atomic mass is 16.6. The fourth-order valence-corrected chi connectivity index (χ4v) is 4.74. The minimum atomic E-state index is -1.42. The average molecular weight is 411 g/mol. The van der Waals surface area contributed by atoms with Gasteiger partial charge in [0.05, 0.1) is 13.2 Å². The fraction of sp³-hybridized carbons (Fsp3) is 0.440. The number of carbonyl (C=O) groups is 2. The first-order valence-corrected chi connectivity index (χ1v) is 10.4. The monoisotopic (exact) mass is 410 g/mol. The molecule has 0 saturated heterocycles. The lowest BCUT2D eigenvalue weighted by Crippen LogP contribution is -2.51. The molecule has 5 nitrogen and oxygen atoms in total. The molecule has 0 fully saturated rings. The molecule has 0 amide bonds. The third kappa shape index (κ3) is 3.47. The van der Waals surface area contributed by atoms with E-state index in [0.717, 1.165) is 27.8 Å². The van der Waals surface area contributed by atoms with E-state index in [1.54, 1.807) is 13.8 Å². The first kappa shape index (κ1) is 21.9. The minimum absolute atomic E-state index is 0.190. The van der Waals surface area contributed by atoms with Crippen molar-refractivity contribution in [3.63, 3.8) is 0 Å². The molecule has 0 heterocycles. The van der Waals surface area contributed by atoms with Crippen molar-refractivity contribution >= 4 is 11.9 Å². The number of hydrogen-bond acceptors (Lipinski definition) is 5. The summed E-state index contributed by atoms with van der Waals surface area (Å²) in [6.07, 6.45) is 0.477. The number of rotatable bonds is 5. The first-order chi connectivity index (χ1) is 14.2. The Morgan fingerprint density at radius 2 is 1.53 bits per heavy atom. The topological polar surface area (TPSA) is 72.8 Å². The summed E-state index contributed by atoms with van der Waals surface area (Å²) in [7, 11) is 0. The van der Waals surface area contributed by atoms with Crippen molar-refractivity contribution in [2.45, 2.75) is 52.9 Å². The van der Waals surface area contributed by atoms with Crippen LogP contribution in [0.4, 0.5) is 0 Å². The van der Waals surface area contributed by atoms with E-state index in [9.17, 15) is 14.7 Å². The smallest absolute Gasteiger partial charge is 0.323 e. The lowest BCUT2D eigenvalue weighted by atomic mass is 9.57. The zero-order valence-electron chi connectivity index (χ0n) is 18.4. The molecule has 1 unspecified atom stereocenters. The molecule has 1 aliphatic carbocycles. The van der Waals surface area contributed by atoms with Gasteiger partial charge in [-0.05, 0) is 68.4 Å². The number of phenols is 1. The van der Waals surface area contributed by atoms with E-state index in [1.807, 2.05) is 57.2 Å². The molecular formula is C25H30O5. The Kier molecular flexibility index (Phi) is 5.93. The maximum atomic E-state index is 13.2. The van der Waals surface area contributed by atoms with Gasteiger partial charge in [0, 0.05) is 5.41 Å². The first-order valence-electron chi connectivity index (χ1n) is 10.4. The quantitative estimate of drug-likeness (QED) is 0.585. The average Bonchev–Trinajstić information content (AvgIpc) is 2.71. The summed E-state index contributed by atoms with van der Waals surface area (Å²) < 4.78 is 10.8. The number of phenolic OH excluding ortho intramolecular Hbond substituents is 1. The van der Waals surface area contributed by atoms with Crippen molar-refractivity contribution < 1.29 is 24.2 Å². The zero-order chi connectivity index (χ0) is 22.1. The number of hydrogen-bond donors (Lipinski definition) is 1. The molecule has 0 spiro atoms. The second-order valence-corrected chi connectivity index (χ2v) is 8.32. The summed E-state index contributed by atoms with van der Waals surface area (Å²) >= 11 is 0. The number of esters is 2. The molecular weight excluding hydrogens is 380 g/mol. The molecule has 1 N–H and O–H groups in total. The molecule has 2 aromatic carbocycles. The van der Waals surface area contributed by atoms with Gasteiger partial charge in [-0.15, -0.1) is 0 Å². The Balaban J connectivity index is 2.27. The van der Waals surface area contributed by atoms with Crippen LogP contribution in [-0.2, 0) is 30.9 Å². The van der Waals surface area contributed by atoms with Crippen molar-refractivity contribution in [2.75, 3.05) is 13.2 Å². The predicted molar refractivity (Wildman–Crippen MR) is 114 cm³/mol. The van der Waals surface area contributed by atoms with Crippen LogP contribution in [0.2, 0.25) is 0 Å². The summed E-state index contributed by atoms with van der Waals surface area (Å²) in [6.45, 7) is 9.61. The second-order valence-electron chi connectivity index (χ2n) is 8.32. The van der Waals surface area contributed by atoms with Gasteiger partial charge in [0.25, 0.3) is 0 Å². The number of ether oxygens (including phenoxy) is 2. The van der Waals surface area contributed by atoms with Gasteiger partial charge in [-0.3, -0.25) is 9.59 Å². The number of aryl methyl sites for hydroxylation is 2. The van der Waals surface area contributed by atoms with Gasteiger partial charge in [-0.1, -0.05) is 43.3 Å². The highest BCUT2D eigenvalue weighted by Gasteiger charge is 2.57. The third-order valence-electron chi connectivity index (χ3n) is 6.22. The van der Waals surface area contributed by atoms with E-state index in [0.29, 0.717) is 0 Å². The Morgan fingerprint density at radius 1 is 1.00 bits per heavy atom. The Morgan fingerprint density at radius 3 is 2.07 bits per heavy atom. The van der Waals surface area contributed by atoms with Crippen molar-refractivity contribution in [3.05, 3.63) is 64.2 Å². The van der Waals surface area contributed by atoms with E-state index in [1.165, 1.54) is 0 Å². The highest BCUT2D eigenvalue weighted by Crippen LogP contribution is 2.51. The maximum Gasteiger partial charge on any atom is 0.323 e. The van der Waals surface area contributed by atoms with Crippen molar-refractivity contribution in [1.82, 2.24) is 0 Å². The summed E-state index contributed by atoms with van der Waals surface area (Å²) in [4.78, 5) is 26.4. The van der Waals surface area contributed by atoms with Gasteiger partial charge in [0.1, 0.15) is 5.75 Å². The molecule has 0 saturated carbocycles. The minimum Gasteiger partial charge on any atom is -0.507 e. The molecule has 30 heavy (non-hydrogen) atoms. The molecule has 5 heteroatoms. The standard InChI is InChI=1S/C25H30O5/c1-6-29-22(27)25(23(28)30-7-2)14-18-10-8-9-11-20(18)24(5,15-25)19-12-16(3)21(26)17(4)13-19/h8-13,26H,6-7,14-15H2,1-5H3. The van der Waals surface area contributed by atoms with Crippen molar-refractivity contribution in [3.8, 4) is 5.75 Å². The van der Waals surface area contributed by atoms with E-state index >= 15 is 0 Å². The zero-order valence-corrected chi connectivity index (χ0v) is 18.4. The molecule has 160 valence electrons. The molecule has 2 aromatic rings. The summed E-state index contributed by atoms with van der Waals surface area (Å²) in [6, 6.07) is 11.8. The second kappa shape index (κ2) is 8.13. The van der Waals surface area contributed by atoms with E-state index < -0.39 is 22.8 Å². The van der Waals surface area contributed by atoms with Crippen LogP contribution in [0, 0.1) is 19.3 Å². The van der Waals surface area contributed by atoms with Crippen LogP contribution < -0.4 is 0 Å². The lowest BCUT2D eigenvalue weighted by Gasteiger charge is -2.45. The van der Waals surface area contributed by atoms with Crippen molar-refractivity contribution in [2.24, 2.45) is 5.41 Å². The molecule has 1 atom stereocenters. The third-order valence-corrected chi connectivity index (χ3v) is 6.22. The number of fused-ring (bicyclic) bond motifs is 1. The maximum absolute atomic E-state index is 13.2. The van der Waals surface area contributed by atoms with Crippen LogP contribution in [0.15, 0.2) is 36.4 Å². The van der Waals surface area contributed by atoms with Gasteiger partial charge >= 0.3 is 11.9 Å². The summed E-state index contributed by atoms with van der Waals surface area (Å²) in [5.74, 6) is -0.832. The largest absolute Gasteiger partial charge is 0.507 e. The van der Waals surface area contributed by atoms with Crippen LogP contribution in [0.25, 0.3) is 0 Å². The SMILES string of the molecule is CCOC(=O)C1(C(=O)OCC)Cc2ccccc2C(C)(c2cc(C)c(O)c(C)c2)C1. The van der Waals surface area contributed by atoms with Gasteiger partial charge < -0.3 is 14.6 Å². The van der Waals surface area contributed by atoms with Crippen LogP contribution in [0.3, 0.4) is 0 Å². The van der Waals surface area contributed by atoms with Crippen LogP contribution in [0.5, 0.6) is 5.75 Å². The van der Waals surface area contributed by atoms with Crippen molar-refractivity contribution in [1.29, 1.82) is 0 Å². The van der Waals surface area contributed by atoms with Crippen LogP contribution >= 0.6 is 0 Å². The number of carbonyl (C=O) groups excluding carboxylic acids is 2. The van der Waals surface area contributed by atoms with Gasteiger partial charge in [0.2, 0.25) is 0 Å². The van der Waals surface area contributed by atoms with E-state index in [4.69, 9.17) is 9.47 Å². The van der Waals surface area contributed by atoms with Crippen LogP contribution in [0.1, 0.15) is 55.0 Å². The van der Waals surface area contributed by atoms with Gasteiger partial charge in [0.15, 0.2) is 5.41 Å². The number of aromatic hydroxyl groups is 1. The highest BCUT2D eigenvalue weighted by molar-refractivity contribution is 6.01. The molecule has 0 bridgehead atoms. The number of benzene rings is 2. The Labute approximate surface area is 178 Å².